The number of aromatic hydroxyl groups is 1. The minimum atomic E-state index is -3.77. The highest BCUT2D eigenvalue weighted by Gasteiger charge is 2.27. The van der Waals surface area contributed by atoms with E-state index in [1.54, 1.807) is 84.9 Å². The first-order valence-corrected chi connectivity index (χ1v) is 11.0. The van der Waals surface area contributed by atoms with Crippen LogP contribution >= 0.6 is 7.37 Å². The summed E-state index contributed by atoms with van der Waals surface area (Å²) >= 11 is 0. The summed E-state index contributed by atoms with van der Waals surface area (Å²) in [5.74, 6) is -0.0581. The van der Waals surface area contributed by atoms with Gasteiger partial charge < -0.3 is 10.00 Å². The first kappa shape index (κ1) is 19.8. The van der Waals surface area contributed by atoms with Gasteiger partial charge in [0.1, 0.15) is 5.75 Å². The van der Waals surface area contributed by atoms with Gasteiger partial charge in [0.15, 0.2) is 5.78 Å². The molecule has 0 aromatic heterocycles. The van der Waals surface area contributed by atoms with Crippen LogP contribution in [0, 0.1) is 0 Å². The fourth-order valence-electron chi connectivity index (χ4n) is 3.33. The van der Waals surface area contributed by atoms with E-state index >= 15 is 0 Å². The average molecular weight is 414 g/mol. The topological polar surface area (TPSA) is 74.6 Å². The minimum Gasteiger partial charge on any atom is -0.508 e. The molecule has 0 radical (unpaired) electrons. The van der Waals surface area contributed by atoms with Crippen molar-refractivity contribution in [2.45, 2.75) is 0 Å². The molecule has 0 fully saturated rings. The van der Waals surface area contributed by atoms with Crippen LogP contribution in [0.5, 0.6) is 5.75 Å². The number of hydrogen-bond acceptors (Lipinski definition) is 3. The minimum absolute atomic E-state index is 0.102. The highest BCUT2D eigenvalue weighted by molar-refractivity contribution is 7.73. The zero-order valence-electron chi connectivity index (χ0n) is 16.0. The highest BCUT2D eigenvalue weighted by atomic mass is 31.2. The van der Waals surface area contributed by atoms with Gasteiger partial charge in [-0.1, -0.05) is 60.7 Å². The first-order chi connectivity index (χ1) is 14.5. The van der Waals surface area contributed by atoms with Crippen molar-refractivity contribution in [1.29, 1.82) is 0 Å². The molecule has 0 saturated heterocycles. The lowest BCUT2D eigenvalue weighted by Gasteiger charge is -2.16. The normalized spacial score (nSPS) is 12.8. The zero-order chi connectivity index (χ0) is 21.1. The SMILES string of the molecule is O=C(c1ccc(O)cc1)c1ccc(-c2ccccc2P(=O)(O)c2ccccc2)cc1. The van der Waals surface area contributed by atoms with E-state index in [0.717, 1.165) is 5.56 Å². The molecule has 4 rings (SSSR count). The molecular formula is C25H19O4P. The third-order valence-corrected chi connectivity index (χ3v) is 6.97. The van der Waals surface area contributed by atoms with Crippen LogP contribution in [0.3, 0.4) is 0 Å². The molecule has 0 aliphatic heterocycles. The van der Waals surface area contributed by atoms with Gasteiger partial charge in [0, 0.05) is 21.7 Å². The number of hydrogen-bond donors (Lipinski definition) is 2. The maximum atomic E-state index is 13.3. The number of phenols is 1. The Kier molecular flexibility index (Phi) is 5.37. The Bertz CT molecular complexity index is 1230. The number of phenolic OH excluding ortho intramolecular Hbond substituents is 1. The maximum absolute atomic E-state index is 13.3. The van der Waals surface area contributed by atoms with Crippen LogP contribution in [0.1, 0.15) is 15.9 Å². The van der Waals surface area contributed by atoms with Crippen molar-refractivity contribution in [2.75, 3.05) is 0 Å². The van der Waals surface area contributed by atoms with Crippen molar-refractivity contribution in [1.82, 2.24) is 0 Å². The average Bonchev–Trinajstić information content (AvgIpc) is 2.80. The fraction of sp³-hybridized carbons (Fsp3) is 0. The Morgan fingerprint density at radius 3 is 1.83 bits per heavy atom. The second-order valence-electron chi connectivity index (χ2n) is 6.88. The Morgan fingerprint density at radius 2 is 1.20 bits per heavy atom. The van der Waals surface area contributed by atoms with Crippen LogP contribution in [0.25, 0.3) is 11.1 Å². The molecule has 4 aromatic rings. The van der Waals surface area contributed by atoms with E-state index in [1.165, 1.54) is 12.1 Å². The van der Waals surface area contributed by atoms with Crippen molar-refractivity contribution >= 4 is 23.8 Å². The van der Waals surface area contributed by atoms with Crippen LogP contribution in [-0.2, 0) is 4.57 Å². The third-order valence-electron chi connectivity index (χ3n) is 4.92. The van der Waals surface area contributed by atoms with Crippen molar-refractivity contribution < 1.29 is 19.4 Å². The Labute approximate surface area is 174 Å². The van der Waals surface area contributed by atoms with Gasteiger partial charge >= 0.3 is 0 Å². The van der Waals surface area contributed by atoms with Gasteiger partial charge in [-0.3, -0.25) is 9.36 Å². The summed E-state index contributed by atoms with van der Waals surface area (Å²) in [5.41, 5.74) is 2.37. The molecule has 0 saturated carbocycles. The first-order valence-electron chi connectivity index (χ1n) is 9.39. The second-order valence-corrected chi connectivity index (χ2v) is 9.03. The molecular weight excluding hydrogens is 395 g/mol. The number of ketones is 1. The van der Waals surface area contributed by atoms with Gasteiger partial charge in [-0.15, -0.1) is 0 Å². The molecule has 4 aromatic carbocycles. The maximum Gasteiger partial charge on any atom is 0.259 e. The number of carbonyl (C=O) groups excluding carboxylic acids is 1. The molecule has 0 heterocycles. The lowest BCUT2D eigenvalue weighted by molar-refractivity contribution is 0.103. The quantitative estimate of drug-likeness (QED) is 0.372. The molecule has 30 heavy (non-hydrogen) atoms. The third kappa shape index (κ3) is 3.84. The standard InChI is InChI=1S/C25H19O4P/c26-21-16-14-20(15-17-21)25(27)19-12-10-18(11-13-19)23-8-4-5-9-24(23)30(28,29)22-6-2-1-3-7-22/h1-17,26H,(H,28,29). The molecule has 2 N–H and O–H groups in total. The second kappa shape index (κ2) is 8.11. The summed E-state index contributed by atoms with van der Waals surface area (Å²) in [6, 6.07) is 28.7. The summed E-state index contributed by atoms with van der Waals surface area (Å²) in [6.07, 6.45) is 0. The molecule has 1 unspecified atom stereocenters. The van der Waals surface area contributed by atoms with E-state index in [9.17, 15) is 19.4 Å². The van der Waals surface area contributed by atoms with E-state index in [0.29, 0.717) is 27.3 Å². The summed E-state index contributed by atoms with van der Waals surface area (Å²) in [6.45, 7) is 0. The van der Waals surface area contributed by atoms with E-state index in [1.807, 2.05) is 6.07 Å². The molecule has 148 valence electrons. The van der Waals surface area contributed by atoms with Gasteiger partial charge in [-0.2, -0.15) is 0 Å². The van der Waals surface area contributed by atoms with E-state index in [-0.39, 0.29) is 11.5 Å². The van der Waals surface area contributed by atoms with Gasteiger partial charge in [0.05, 0.1) is 0 Å². The van der Waals surface area contributed by atoms with Crippen LogP contribution in [0.2, 0.25) is 0 Å². The Morgan fingerprint density at radius 1 is 0.667 bits per heavy atom. The van der Waals surface area contributed by atoms with Crippen LogP contribution in [0.15, 0.2) is 103 Å². The largest absolute Gasteiger partial charge is 0.508 e. The van der Waals surface area contributed by atoms with Crippen molar-refractivity contribution in [3.8, 4) is 16.9 Å². The van der Waals surface area contributed by atoms with Gasteiger partial charge in [0.2, 0.25) is 0 Å². The summed E-state index contributed by atoms with van der Waals surface area (Å²) in [4.78, 5) is 23.5. The molecule has 0 bridgehead atoms. The zero-order valence-corrected chi connectivity index (χ0v) is 16.9. The van der Waals surface area contributed by atoms with Crippen LogP contribution < -0.4 is 10.6 Å². The molecule has 0 aliphatic carbocycles. The molecule has 0 aliphatic rings. The van der Waals surface area contributed by atoms with Crippen molar-refractivity contribution in [3.05, 3.63) is 114 Å². The Balaban J connectivity index is 1.70. The smallest absolute Gasteiger partial charge is 0.259 e. The molecule has 1 atom stereocenters. The van der Waals surface area contributed by atoms with Crippen LogP contribution in [0.4, 0.5) is 0 Å². The lowest BCUT2D eigenvalue weighted by Crippen LogP contribution is -2.17. The molecule has 0 spiro atoms. The molecule has 0 amide bonds. The fourth-order valence-corrected chi connectivity index (χ4v) is 5.00. The molecule has 4 nitrogen and oxygen atoms in total. The highest BCUT2D eigenvalue weighted by Crippen LogP contribution is 2.41. The van der Waals surface area contributed by atoms with Crippen LogP contribution in [-0.4, -0.2) is 15.8 Å². The summed E-state index contributed by atoms with van der Waals surface area (Å²) < 4.78 is 13.3. The van der Waals surface area contributed by atoms with Gasteiger partial charge in [-0.05, 0) is 53.6 Å². The molecule has 5 heteroatoms. The van der Waals surface area contributed by atoms with E-state index in [2.05, 4.69) is 0 Å². The lowest BCUT2D eigenvalue weighted by atomic mass is 9.99. The summed E-state index contributed by atoms with van der Waals surface area (Å²) in [5, 5.41) is 10.1. The number of carbonyl (C=O) groups is 1. The number of benzene rings is 4. The van der Waals surface area contributed by atoms with Crippen molar-refractivity contribution in [2.24, 2.45) is 0 Å². The van der Waals surface area contributed by atoms with E-state index in [4.69, 9.17) is 0 Å². The monoisotopic (exact) mass is 414 g/mol. The predicted octanol–water partition coefficient (Wildman–Crippen LogP) is 4.51. The number of rotatable bonds is 5. The Hall–Kier alpha value is -3.46. The summed E-state index contributed by atoms with van der Waals surface area (Å²) in [7, 11) is -3.77. The van der Waals surface area contributed by atoms with Gasteiger partial charge in [0.25, 0.3) is 7.37 Å². The van der Waals surface area contributed by atoms with Gasteiger partial charge in [-0.25, -0.2) is 0 Å². The predicted molar refractivity (Wildman–Crippen MR) is 119 cm³/mol. The van der Waals surface area contributed by atoms with E-state index < -0.39 is 7.37 Å². The van der Waals surface area contributed by atoms with Crippen molar-refractivity contribution in [3.63, 3.8) is 0 Å².